The van der Waals surface area contributed by atoms with Crippen LogP contribution in [-0.2, 0) is 0 Å². The van der Waals surface area contributed by atoms with Crippen molar-refractivity contribution in [3.63, 3.8) is 0 Å². The molecule has 0 fully saturated rings. The number of carboxylic acid groups (broad SMARTS) is 1. The zero-order valence-corrected chi connectivity index (χ0v) is 7.46. The maximum atomic E-state index is 12.5. The standard InChI is InChI=1S/C9H6FN3O2/c10-7-1-2-8(11-4-7)13-5-6(3-12-13)9(14)15/h1-5H,(H,14,15). The number of rotatable bonds is 2. The van der Waals surface area contributed by atoms with Gasteiger partial charge in [0.25, 0.3) is 0 Å². The Morgan fingerprint density at radius 1 is 1.40 bits per heavy atom. The zero-order chi connectivity index (χ0) is 10.8. The third-order valence-electron chi connectivity index (χ3n) is 1.78. The fourth-order valence-corrected chi connectivity index (χ4v) is 1.06. The highest BCUT2D eigenvalue weighted by Crippen LogP contribution is 2.05. The molecule has 0 aliphatic heterocycles. The summed E-state index contributed by atoms with van der Waals surface area (Å²) in [6.45, 7) is 0. The van der Waals surface area contributed by atoms with Crippen LogP contribution in [0.25, 0.3) is 5.82 Å². The molecule has 0 unspecified atom stereocenters. The molecular formula is C9H6FN3O2. The molecule has 1 N–H and O–H groups in total. The van der Waals surface area contributed by atoms with E-state index in [-0.39, 0.29) is 5.56 Å². The van der Waals surface area contributed by atoms with Crippen molar-refractivity contribution in [3.8, 4) is 5.82 Å². The van der Waals surface area contributed by atoms with Gasteiger partial charge >= 0.3 is 5.97 Å². The van der Waals surface area contributed by atoms with Gasteiger partial charge in [0.1, 0.15) is 5.82 Å². The summed E-state index contributed by atoms with van der Waals surface area (Å²) in [5, 5.41) is 12.4. The first-order valence-corrected chi connectivity index (χ1v) is 4.07. The summed E-state index contributed by atoms with van der Waals surface area (Å²) in [7, 11) is 0. The van der Waals surface area contributed by atoms with Crippen LogP contribution in [0, 0.1) is 5.82 Å². The quantitative estimate of drug-likeness (QED) is 0.800. The Balaban J connectivity index is 2.37. The van der Waals surface area contributed by atoms with Gasteiger partial charge in [-0.1, -0.05) is 0 Å². The van der Waals surface area contributed by atoms with E-state index < -0.39 is 11.8 Å². The zero-order valence-electron chi connectivity index (χ0n) is 7.46. The Bertz CT molecular complexity index is 492. The topological polar surface area (TPSA) is 68.0 Å². The minimum absolute atomic E-state index is 0.0566. The number of aromatic nitrogens is 3. The van der Waals surface area contributed by atoms with Crippen molar-refractivity contribution in [1.29, 1.82) is 0 Å². The van der Waals surface area contributed by atoms with Crippen LogP contribution in [0.5, 0.6) is 0 Å². The molecular weight excluding hydrogens is 201 g/mol. The Labute approximate surface area is 83.8 Å². The highest BCUT2D eigenvalue weighted by atomic mass is 19.1. The van der Waals surface area contributed by atoms with E-state index in [1.54, 1.807) is 0 Å². The summed E-state index contributed by atoms with van der Waals surface area (Å²) in [4.78, 5) is 14.3. The van der Waals surface area contributed by atoms with Gasteiger partial charge in [-0.05, 0) is 12.1 Å². The first-order chi connectivity index (χ1) is 7.16. The fraction of sp³-hybridized carbons (Fsp3) is 0. The highest BCUT2D eigenvalue weighted by Gasteiger charge is 2.07. The first-order valence-electron chi connectivity index (χ1n) is 4.07. The number of halogens is 1. The van der Waals surface area contributed by atoms with Gasteiger partial charge in [-0.2, -0.15) is 5.10 Å². The summed E-state index contributed by atoms with van der Waals surface area (Å²) in [5.41, 5.74) is 0.0566. The molecule has 2 aromatic rings. The summed E-state index contributed by atoms with van der Waals surface area (Å²) in [5.74, 6) is -1.16. The average molecular weight is 207 g/mol. The molecule has 0 aromatic carbocycles. The predicted molar refractivity (Wildman–Crippen MR) is 48.3 cm³/mol. The van der Waals surface area contributed by atoms with Crippen molar-refractivity contribution in [3.05, 3.63) is 42.1 Å². The minimum Gasteiger partial charge on any atom is -0.478 e. The molecule has 76 valence electrons. The monoisotopic (exact) mass is 207 g/mol. The number of hydrogen-bond acceptors (Lipinski definition) is 3. The second kappa shape index (κ2) is 3.49. The van der Waals surface area contributed by atoms with Gasteiger partial charge in [0.05, 0.1) is 18.0 Å². The highest BCUT2D eigenvalue weighted by molar-refractivity contribution is 5.86. The summed E-state index contributed by atoms with van der Waals surface area (Å²) < 4.78 is 13.8. The molecule has 0 bridgehead atoms. The molecule has 6 heteroatoms. The van der Waals surface area contributed by atoms with Crippen molar-refractivity contribution in [1.82, 2.24) is 14.8 Å². The van der Waals surface area contributed by atoms with Gasteiger partial charge < -0.3 is 5.11 Å². The van der Waals surface area contributed by atoms with Gasteiger partial charge in [0, 0.05) is 6.20 Å². The van der Waals surface area contributed by atoms with E-state index in [1.807, 2.05) is 0 Å². The van der Waals surface area contributed by atoms with Crippen LogP contribution in [0.1, 0.15) is 10.4 Å². The fourth-order valence-electron chi connectivity index (χ4n) is 1.06. The van der Waals surface area contributed by atoms with Crippen LogP contribution in [0.4, 0.5) is 4.39 Å². The number of aromatic carboxylic acids is 1. The van der Waals surface area contributed by atoms with Crippen LogP contribution < -0.4 is 0 Å². The Morgan fingerprint density at radius 2 is 2.20 bits per heavy atom. The molecule has 0 saturated heterocycles. The second-order valence-electron chi connectivity index (χ2n) is 2.81. The molecule has 2 rings (SSSR count). The first kappa shape index (κ1) is 9.32. The predicted octanol–water partition coefficient (Wildman–Crippen LogP) is 1.10. The number of hydrogen-bond donors (Lipinski definition) is 1. The van der Waals surface area contributed by atoms with E-state index in [2.05, 4.69) is 10.1 Å². The van der Waals surface area contributed by atoms with E-state index >= 15 is 0 Å². The van der Waals surface area contributed by atoms with Crippen LogP contribution in [-0.4, -0.2) is 25.8 Å². The molecule has 15 heavy (non-hydrogen) atoms. The second-order valence-corrected chi connectivity index (χ2v) is 2.81. The number of carbonyl (C=O) groups is 1. The third-order valence-corrected chi connectivity index (χ3v) is 1.78. The summed E-state index contributed by atoms with van der Waals surface area (Å²) >= 11 is 0. The Kier molecular flexibility index (Phi) is 2.17. The van der Waals surface area contributed by atoms with Gasteiger partial charge in [-0.25, -0.2) is 18.9 Å². The Hall–Kier alpha value is -2.24. The molecule has 0 aliphatic carbocycles. The van der Waals surface area contributed by atoms with E-state index in [9.17, 15) is 9.18 Å². The van der Waals surface area contributed by atoms with Gasteiger partial charge in [-0.15, -0.1) is 0 Å². The molecule has 2 aromatic heterocycles. The van der Waals surface area contributed by atoms with Crippen molar-refractivity contribution >= 4 is 5.97 Å². The van der Waals surface area contributed by atoms with Crippen LogP contribution >= 0.6 is 0 Å². The SMILES string of the molecule is O=C(O)c1cnn(-c2ccc(F)cn2)c1. The van der Waals surface area contributed by atoms with Crippen molar-refractivity contribution in [2.45, 2.75) is 0 Å². The lowest BCUT2D eigenvalue weighted by atomic mass is 10.4. The van der Waals surface area contributed by atoms with Crippen molar-refractivity contribution in [2.75, 3.05) is 0 Å². The van der Waals surface area contributed by atoms with E-state index in [0.717, 1.165) is 6.20 Å². The molecule has 2 heterocycles. The van der Waals surface area contributed by atoms with Gasteiger partial charge in [0.15, 0.2) is 5.82 Å². The third kappa shape index (κ3) is 1.83. The molecule has 0 atom stereocenters. The smallest absolute Gasteiger partial charge is 0.338 e. The minimum atomic E-state index is -1.07. The lowest BCUT2D eigenvalue weighted by molar-refractivity contribution is 0.0697. The number of nitrogens with zero attached hydrogens (tertiary/aromatic N) is 3. The van der Waals surface area contributed by atoms with Gasteiger partial charge in [-0.3, -0.25) is 0 Å². The molecule has 5 nitrogen and oxygen atoms in total. The Morgan fingerprint density at radius 3 is 2.73 bits per heavy atom. The molecule has 0 spiro atoms. The maximum absolute atomic E-state index is 12.5. The summed E-state index contributed by atoms with van der Waals surface area (Å²) in [6.07, 6.45) is 3.55. The normalized spacial score (nSPS) is 10.2. The summed E-state index contributed by atoms with van der Waals surface area (Å²) in [6, 6.07) is 2.64. The number of pyridine rings is 1. The molecule has 0 amide bonds. The number of carboxylic acids is 1. The van der Waals surface area contributed by atoms with E-state index in [1.165, 1.54) is 29.2 Å². The largest absolute Gasteiger partial charge is 0.478 e. The molecule has 0 aliphatic rings. The molecule has 0 radical (unpaired) electrons. The van der Waals surface area contributed by atoms with Crippen LogP contribution in [0.3, 0.4) is 0 Å². The maximum Gasteiger partial charge on any atom is 0.338 e. The van der Waals surface area contributed by atoms with Crippen molar-refractivity contribution < 1.29 is 14.3 Å². The van der Waals surface area contributed by atoms with E-state index in [0.29, 0.717) is 5.82 Å². The average Bonchev–Trinajstić information content (AvgIpc) is 2.68. The lowest BCUT2D eigenvalue weighted by Gasteiger charge is -1.97. The van der Waals surface area contributed by atoms with Crippen molar-refractivity contribution in [2.24, 2.45) is 0 Å². The van der Waals surface area contributed by atoms with Gasteiger partial charge in [0.2, 0.25) is 0 Å². The lowest BCUT2D eigenvalue weighted by Crippen LogP contribution is -1.98. The molecule has 0 saturated carbocycles. The van der Waals surface area contributed by atoms with Crippen LogP contribution in [0.2, 0.25) is 0 Å². The van der Waals surface area contributed by atoms with Crippen LogP contribution in [0.15, 0.2) is 30.7 Å². The van der Waals surface area contributed by atoms with E-state index in [4.69, 9.17) is 5.11 Å².